The molecule has 1 aromatic carbocycles. The van der Waals surface area contributed by atoms with Gasteiger partial charge >= 0.3 is 11.9 Å². The maximum Gasteiger partial charge on any atom is 0.312 e. The Morgan fingerprint density at radius 1 is 1.39 bits per heavy atom. The Labute approximate surface area is 144 Å². The number of ether oxygens (including phenoxy) is 2. The molecule has 5 nitrogen and oxygen atoms in total. The van der Waals surface area contributed by atoms with Crippen molar-refractivity contribution in [2.45, 2.75) is 32.1 Å². The molecule has 0 aliphatic carbocycles. The highest BCUT2D eigenvalue weighted by atomic mass is 33.1. The summed E-state index contributed by atoms with van der Waals surface area (Å²) in [7, 11) is 3.21. The summed E-state index contributed by atoms with van der Waals surface area (Å²) in [6.45, 7) is 5.17. The molecule has 0 aromatic heterocycles. The van der Waals surface area contributed by atoms with Crippen molar-refractivity contribution in [2.75, 3.05) is 12.4 Å². The summed E-state index contributed by atoms with van der Waals surface area (Å²) in [4.78, 5) is 24.5. The van der Waals surface area contributed by atoms with Gasteiger partial charge in [-0.1, -0.05) is 47.6 Å². The van der Waals surface area contributed by atoms with E-state index in [1.165, 1.54) is 0 Å². The number of nitriles is 1. The summed E-state index contributed by atoms with van der Waals surface area (Å²) in [5, 5.41) is 8.38. The molecule has 0 bridgehead atoms. The predicted octanol–water partition coefficient (Wildman–Crippen LogP) is 3.75. The van der Waals surface area contributed by atoms with Crippen LogP contribution in [0.4, 0.5) is 0 Å². The van der Waals surface area contributed by atoms with Gasteiger partial charge in [-0.05, 0) is 18.6 Å². The van der Waals surface area contributed by atoms with Gasteiger partial charge in [0.15, 0.2) is 6.61 Å². The molecule has 124 valence electrons. The Morgan fingerprint density at radius 3 is 2.78 bits per heavy atom. The van der Waals surface area contributed by atoms with Crippen molar-refractivity contribution in [1.29, 1.82) is 5.26 Å². The SMILES string of the molecule is CCSSc1cccc(C)c1OC(=O)C[C@H](C)C(=O)OCC#N. The van der Waals surface area contributed by atoms with Crippen molar-refractivity contribution in [3.8, 4) is 11.8 Å². The first kappa shape index (κ1) is 19.4. The van der Waals surface area contributed by atoms with Gasteiger partial charge < -0.3 is 9.47 Å². The van der Waals surface area contributed by atoms with Crippen LogP contribution in [-0.4, -0.2) is 24.3 Å². The minimum absolute atomic E-state index is 0.0936. The van der Waals surface area contributed by atoms with Crippen molar-refractivity contribution in [3.63, 3.8) is 0 Å². The lowest BCUT2D eigenvalue weighted by atomic mass is 10.1. The normalized spacial score (nSPS) is 11.4. The summed E-state index contributed by atoms with van der Waals surface area (Å²) in [6, 6.07) is 7.39. The highest BCUT2D eigenvalue weighted by Gasteiger charge is 2.21. The van der Waals surface area contributed by atoms with Crippen molar-refractivity contribution in [2.24, 2.45) is 5.92 Å². The lowest BCUT2D eigenvalue weighted by Gasteiger charge is -2.13. The van der Waals surface area contributed by atoms with Crippen LogP contribution < -0.4 is 4.74 Å². The molecule has 1 rings (SSSR count). The van der Waals surface area contributed by atoms with E-state index in [0.717, 1.165) is 16.2 Å². The Morgan fingerprint density at radius 2 is 2.13 bits per heavy atom. The lowest BCUT2D eigenvalue weighted by molar-refractivity contribution is -0.150. The summed E-state index contributed by atoms with van der Waals surface area (Å²) >= 11 is 0. The quantitative estimate of drug-likeness (QED) is 0.400. The molecular weight excluding hydrogens is 334 g/mol. The average Bonchev–Trinajstić information content (AvgIpc) is 2.52. The van der Waals surface area contributed by atoms with Gasteiger partial charge in [0, 0.05) is 5.75 Å². The largest absolute Gasteiger partial charge is 0.450 e. The molecule has 0 saturated carbocycles. The molecule has 1 aromatic rings. The fraction of sp³-hybridized carbons (Fsp3) is 0.438. The Balaban J connectivity index is 2.70. The van der Waals surface area contributed by atoms with Crippen molar-refractivity contribution in [1.82, 2.24) is 0 Å². The van der Waals surface area contributed by atoms with E-state index in [0.29, 0.717) is 5.75 Å². The van der Waals surface area contributed by atoms with Gasteiger partial charge in [-0.15, -0.1) is 0 Å². The fourth-order valence-corrected chi connectivity index (χ4v) is 3.46. The number of benzene rings is 1. The number of para-hydroxylation sites is 1. The average molecular weight is 353 g/mol. The van der Waals surface area contributed by atoms with Crippen LogP contribution in [0.2, 0.25) is 0 Å². The number of carbonyl (C=O) groups is 2. The van der Waals surface area contributed by atoms with Gasteiger partial charge in [-0.2, -0.15) is 5.26 Å². The van der Waals surface area contributed by atoms with E-state index in [-0.39, 0.29) is 13.0 Å². The van der Waals surface area contributed by atoms with Crippen molar-refractivity contribution in [3.05, 3.63) is 23.8 Å². The van der Waals surface area contributed by atoms with Crippen LogP contribution in [0.15, 0.2) is 23.1 Å². The summed E-state index contributed by atoms with van der Waals surface area (Å²) in [6.07, 6.45) is -0.0936. The molecule has 0 spiro atoms. The van der Waals surface area contributed by atoms with Crippen LogP contribution in [0.3, 0.4) is 0 Å². The minimum Gasteiger partial charge on any atom is -0.450 e. The van der Waals surface area contributed by atoms with Crippen LogP contribution in [0.1, 0.15) is 25.8 Å². The third kappa shape index (κ3) is 6.55. The van der Waals surface area contributed by atoms with Gasteiger partial charge in [0.1, 0.15) is 11.8 Å². The first-order valence-corrected chi connectivity index (χ1v) is 9.44. The second-order valence-corrected chi connectivity index (χ2v) is 7.36. The monoisotopic (exact) mass is 353 g/mol. The second-order valence-electron chi connectivity index (χ2n) is 4.74. The molecule has 0 unspecified atom stereocenters. The molecule has 0 radical (unpaired) electrons. The van der Waals surface area contributed by atoms with E-state index >= 15 is 0 Å². The molecule has 0 heterocycles. The maximum absolute atomic E-state index is 12.1. The molecular formula is C16H19NO4S2. The summed E-state index contributed by atoms with van der Waals surface area (Å²) < 4.78 is 10.1. The van der Waals surface area contributed by atoms with Crippen LogP contribution in [0.5, 0.6) is 5.75 Å². The van der Waals surface area contributed by atoms with E-state index in [9.17, 15) is 9.59 Å². The van der Waals surface area contributed by atoms with Crippen molar-refractivity contribution >= 4 is 33.5 Å². The van der Waals surface area contributed by atoms with Gasteiger partial charge in [-0.3, -0.25) is 9.59 Å². The van der Waals surface area contributed by atoms with Crippen molar-refractivity contribution < 1.29 is 19.1 Å². The van der Waals surface area contributed by atoms with Gasteiger partial charge in [0.25, 0.3) is 0 Å². The summed E-state index contributed by atoms with van der Waals surface area (Å²) in [5.41, 5.74) is 0.861. The zero-order chi connectivity index (χ0) is 17.2. The number of nitrogens with zero attached hydrogens (tertiary/aromatic N) is 1. The molecule has 0 aliphatic rings. The Hall–Kier alpha value is -1.65. The first-order chi connectivity index (χ1) is 11.0. The minimum atomic E-state index is -0.652. The molecule has 1 atom stereocenters. The third-order valence-electron chi connectivity index (χ3n) is 2.81. The molecule has 0 aliphatic heterocycles. The molecule has 0 amide bonds. The number of esters is 2. The molecule has 23 heavy (non-hydrogen) atoms. The topological polar surface area (TPSA) is 76.4 Å². The van der Waals surface area contributed by atoms with Gasteiger partial charge in [-0.25, -0.2) is 0 Å². The number of rotatable bonds is 8. The van der Waals surface area contributed by atoms with Crippen LogP contribution in [0, 0.1) is 24.2 Å². The summed E-state index contributed by atoms with van der Waals surface area (Å²) in [5.74, 6) is -0.260. The zero-order valence-corrected chi connectivity index (χ0v) is 15.0. The van der Waals surface area contributed by atoms with E-state index in [1.54, 1.807) is 34.6 Å². The lowest BCUT2D eigenvalue weighted by Crippen LogP contribution is -2.21. The van der Waals surface area contributed by atoms with Crippen LogP contribution >= 0.6 is 21.6 Å². The molecule has 0 N–H and O–H groups in total. The third-order valence-corrected chi connectivity index (χ3v) is 5.27. The highest BCUT2D eigenvalue weighted by molar-refractivity contribution is 8.76. The van der Waals surface area contributed by atoms with Crippen LogP contribution in [0.25, 0.3) is 0 Å². The predicted molar refractivity (Wildman–Crippen MR) is 91.2 cm³/mol. The number of hydrogen-bond acceptors (Lipinski definition) is 7. The fourth-order valence-electron chi connectivity index (χ4n) is 1.68. The Kier molecular flexibility index (Phi) is 8.59. The molecule has 0 fully saturated rings. The maximum atomic E-state index is 12.1. The molecule has 7 heteroatoms. The van der Waals surface area contributed by atoms with Gasteiger partial charge in [0.2, 0.25) is 0 Å². The first-order valence-electron chi connectivity index (χ1n) is 7.12. The van der Waals surface area contributed by atoms with Gasteiger partial charge in [0.05, 0.1) is 17.2 Å². The van der Waals surface area contributed by atoms with E-state index in [1.807, 2.05) is 32.0 Å². The highest BCUT2D eigenvalue weighted by Crippen LogP contribution is 2.39. The smallest absolute Gasteiger partial charge is 0.312 e. The zero-order valence-electron chi connectivity index (χ0n) is 13.3. The van der Waals surface area contributed by atoms with Crippen LogP contribution in [-0.2, 0) is 14.3 Å². The van der Waals surface area contributed by atoms with E-state index in [4.69, 9.17) is 10.00 Å². The second kappa shape index (κ2) is 10.2. The number of hydrogen-bond donors (Lipinski definition) is 0. The number of aryl methyl sites for hydroxylation is 1. The Bertz CT molecular complexity index is 598. The number of carbonyl (C=O) groups excluding carboxylic acids is 2. The standard InChI is InChI=1S/C16H19NO4S2/c1-4-22-23-13-7-5-6-11(2)15(13)21-14(18)10-12(3)16(19)20-9-8-17/h5-7,12H,4,9-10H2,1-3H3/t12-/m0/s1. The van der Waals surface area contributed by atoms with E-state index < -0.39 is 17.9 Å². The molecule has 0 saturated heterocycles. The van der Waals surface area contributed by atoms with E-state index in [2.05, 4.69) is 4.74 Å².